The van der Waals surface area contributed by atoms with Crippen molar-refractivity contribution in [3.8, 4) is 5.75 Å². The van der Waals surface area contributed by atoms with Gasteiger partial charge in [0.25, 0.3) is 0 Å². The zero-order valence-electron chi connectivity index (χ0n) is 10.2. The number of oxime groups is 1. The molecule has 1 aliphatic heterocycles. The van der Waals surface area contributed by atoms with Crippen molar-refractivity contribution in [2.24, 2.45) is 5.16 Å². The predicted octanol–water partition coefficient (Wildman–Crippen LogP) is 0.224. The highest BCUT2D eigenvalue weighted by atomic mass is 16.6. The molecule has 1 aliphatic rings. The van der Waals surface area contributed by atoms with E-state index >= 15 is 0 Å². The maximum Gasteiger partial charge on any atom is 0.430 e. The van der Waals surface area contributed by atoms with Gasteiger partial charge >= 0.3 is 12.7 Å². The molecule has 0 bridgehead atoms. The zero-order chi connectivity index (χ0) is 14.0. The second kappa shape index (κ2) is 4.91. The normalized spacial score (nSPS) is 16.8. The standard InChI is InChI=1S/C11H13BNO6/c1-18-13-6-8-3-2-7-4-5-12(16,17)19-10(7)9(8)11(14)15/h2-3,6,16-17H,4-5H2,1H3,(H,14,15)/q-1/b13-6+. The van der Waals surface area contributed by atoms with Crippen LogP contribution in [0.25, 0.3) is 0 Å². The maximum atomic E-state index is 11.3. The van der Waals surface area contributed by atoms with E-state index in [1.54, 1.807) is 12.1 Å². The van der Waals surface area contributed by atoms with Gasteiger partial charge in [-0.3, -0.25) is 0 Å². The fourth-order valence-corrected chi connectivity index (χ4v) is 2.00. The van der Waals surface area contributed by atoms with Crippen LogP contribution in [0.15, 0.2) is 17.3 Å². The highest BCUT2D eigenvalue weighted by Gasteiger charge is 2.32. The van der Waals surface area contributed by atoms with Crippen LogP contribution in [-0.2, 0) is 11.3 Å². The Morgan fingerprint density at radius 2 is 2.26 bits per heavy atom. The van der Waals surface area contributed by atoms with Gasteiger partial charge in [-0.2, -0.15) is 0 Å². The molecule has 0 amide bonds. The third-order valence-corrected chi connectivity index (χ3v) is 2.88. The highest BCUT2D eigenvalue weighted by molar-refractivity contribution is 6.59. The van der Waals surface area contributed by atoms with Crippen molar-refractivity contribution in [1.29, 1.82) is 0 Å². The third-order valence-electron chi connectivity index (χ3n) is 2.88. The van der Waals surface area contributed by atoms with Gasteiger partial charge in [0.1, 0.15) is 12.7 Å². The van der Waals surface area contributed by atoms with E-state index in [9.17, 15) is 19.9 Å². The Balaban J connectivity index is 2.56. The predicted molar refractivity (Wildman–Crippen MR) is 67.3 cm³/mol. The molecule has 0 fully saturated rings. The summed E-state index contributed by atoms with van der Waals surface area (Å²) in [5.41, 5.74) is 0.724. The molecule has 0 saturated carbocycles. The minimum absolute atomic E-state index is 0.0243. The van der Waals surface area contributed by atoms with Crippen molar-refractivity contribution >= 4 is 18.9 Å². The number of carboxylic acids is 1. The van der Waals surface area contributed by atoms with Gasteiger partial charge in [0, 0.05) is 5.56 Å². The molecule has 0 saturated heterocycles. The Morgan fingerprint density at radius 3 is 2.89 bits per heavy atom. The minimum Gasteiger partial charge on any atom is -0.669 e. The third kappa shape index (κ3) is 2.69. The summed E-state index contributed by atoms with van der Waals surface area (Å²) in [7, 11) is 1.33. The minimum atomic E-state index is -3.01. The van der Waals surface area contributed by atoms with Crippen LogP contribution < -0.4 is 4.65 Å². The van der Waals surface area contributed by atoms with Gasteiger partial charge in [0.2, 0.25) is 0 Å². The monoisotopic (exact) mass is 266 g/mol. The average molecular weight is 266 g/mol. The highest BCUT2D eigenvalue weighted by Crippen LogP contribution is 2.34. The number of nitrogens with zero attached hydrogens (tertiary/aromatic N) is 1. The molecule has 0 unspecified atom stereocenters. The number of fused-ring (bicyclic) bond motifs is 1. The van der Waals surface area contributed by atoms with Crippen LogP contribution in [0.1, 0.15) is 21.5 Å². The van der Waals surface area contributed by atoms with Crippen LogP contribution >= 0.6 is 0 Å². The second-order valence-electron chi connectivity index (χ2n) is 4.25. The molecule has 8 heteroatoms. The number of rotatable bonds is 3. The van der Waals surface area contributed by atoms with E-state index in [1.807, 2.05) is 0 Å². The topological polar surface area (TPSA) is 109 Å². The van der Waals surface area contributed by atoms with Gasteiger partial charge in [-0.1, -0.05) is 23.6 Å². The summed E-state index contributed by atoms with van der Waals surface area (Å²) >= 11 is 0. The van der Waals surface area contributed by atoms with E-state index in [0.717, 1.165) is 0 Å². The van der Waals surface area contributed by atoms with Crippen molar-refractivity contribution in [2.75, 3.05) is 7.11 Å². The molecular formula is C11H13BNO6-. The van der Waals surface area contributed by atoms with Gasteiger partial charge in [0.05, 0.1) is 12.0 Å². The van der Waals surface area contributed by atoms with Crippen LogP contribution in [0, 0.1) is 0 Å². The Hall–Kier alpha value is -2.06. The Morgan fingerprint density at radius 1 is 1.53 bits per heavy atom. The number of hydrogen-bond donors (Lipinski definition) is 3. The molecule has 0 atom stereocenters. The van der Waals surface area contributed by atoms with Gasteiger partial charge in [-0.05, 0) is 12.0 Å². The van der Waals surface area contributed by atoms with Crippen LogP contribution in [0.3, 0.4) is 0 Å². The van der Waals surface area contributed by atoms with E-state index in [2.05, 4.69) is 9.99 Å². The molecule has 0 aromatic heterocycles. The lowest BCUT2D eigenvalue weighted by molar-refractivity contribution is 0.0693. The summed E-state index contributed by atoms with van der Waals surface area (Å²) in [4.78, 5) is 15.8. The first-order valence-electron chi connectivity index (χ1n) is 5.69. The molecule has 0 aliphatic carbocycles. The lowest BCUT2D eigenvalue weighted by Crippen LogP contribution is -2.45. The molecular weight excluding hydrogens is 253 g/mol. The smallest absolute Gasteiger partial charge is 0.430 e. The van der Waals surface area contributed by atoms with Crippen LogP contribution in [0.5, 0.6) is 5.75 Å². The number of aromatic carboxylic acids is 1. The van der Waals surface area contributed by atoms with Crippen LogP contribution in [-0.4, -0.2) is 41.2 Å². The lowest BCUT2D eigenvalue weighted by atomic mass is 9.70. The van der Waals surface area contributed by atoms with E-state index in [0.29, 0.717) is 12.0 Å². The zero-order valence-corrected chi connectivity index (χ0v) is 10.2. The summed E-state index contributed by atoms with van der Waals surface area (Å²) < 4.78 is 5.02. The van der Waals surface area contributed by atoms with Gasteiger partial charge in [-0.25, -0.2) is 4.79 Å². The first-order valence-corrected chi connectivity index (χ1v) is 5.69. The van der Waals surface area contributed by atoms with Gasteiger partial charge < -0.3 is 24.6 Å². The number of benzene rings is 1. The number of carbonyl (C=O) groups is 1. The molecule has 7 nitrogen and oxygen atoms in total. The summed E-state index contributed by atoms with van der Waals surface area (Å²) in [5, 5.41) is 31.8. The fraction of sp³-hybridized carbons (Fsp3) is 0.273. The first kappa shape index (κ1) is 13.4. The van der Waals surface area contributed by atoms with Crippen LogP contribution in [0.2, 0.25) is 6.32 Å². The molecule has 102 valence electrons. The van der Waals surface area contributed by atoms with Crippen molar-refractivity contribution < 1.29 is 29.4 Å². The first-order chi connectivity index (χ1) is 8.94. The SMILES string of the molecule is CO/N=C/c1ccc2c(c1C(=O)O)O[B-](O)(O)CC2. The quantitative estimate of drug-likeness (QED) is 0.410. The van der Waals surface area contributed by atoms with Crippen molar-refractivity contribution in [1.82, 2.24) is 0 Å². The van der Waals surface area contributed by atoms with E-state index in [-0.39, 0.29) is 23.2 Å². The van der Waals surface area contributed by atoms with E-state index < -0.39 is 12.7 Å². The largest absolute Gasteiger partial charge is 0.669 e. The molecule has 1 heterocycles. The molecule has 3 N–H and O–H groups in total. The van der Waals surface area contributed by atoms with Crippen LogP contribution in [0.4, 0.5) is 0 Å². The van der Waals surface area contributed by atoms with Gasteiger partial charge in [-0.15, -0.1) is 0 Å². The summed E-state index contributed by atoms with van der Waals surface area (Å²) in [6.07, 6.45) is 1.60. The van der Waals surface area contributed by atoms with Crippen molar-refractivity contribution in [2.45, 2.75) is 12.7 Å². The Bertz CT molecular complexity index is 542. The molecule has 2 rings (SSSR count). The maximum absolute atomic E-state index is 11.3. The van der Waals surface area contributed by atoms with E-state index in [1.165, 1.54) is 13.3 Å². The number of hydrogen-bond acceptors (Lipinski definition) is 6. The molecule has 19 heavy (non-hydrogen) atoms. The number of carboxylic acid groups (broad SMARTS) is 1. The second-order valence-corrected chi connectivity index (χ2v) is 4.25. The molecule has 0 radical (unpaired) electrons. The van der Waals surface area contributed by atoms with E-state index in [4.69, 9.17) is 4.65 Å². The van der Waals surface area contributed by atoms with Crippen molar-refractivity contribution in [3.63, 3.8) is 0 Å². The number of aryl methyl sites for hydroxylation is 1. The molecule has 1 aromatic carbocycles. The fourth-order valence-electron chi connectivity index (χ4n) is 2.00. The van der Waals surface area contributed by atoms with Gasteiger partial charge in [0.15, 0.2) is 0 Å². The Kier molecular flexibility index (Phi) is 3.45. The summed E-state index contributed by atoms with van der Waals surface area (Å²) in [5.74, 6) is -1.26. The van der Waals surface area contributed by atoms with Crippen molar-refractivity contribution in [3.05, 3.63) is 28.8 Å². The summed E-state index contributed by atoms with van der Waals surface area (Å²) in [6.45, 7) is -3.01. The average Bonchev–Trinajstić information content (AvgIpc) is 2.33. The lowest BCUT2D eigenvalue weighted by Gasteiger charge is -2.37. The molecule has 1 aromatic rings. The molecule has 0 spiro atoms. The summed E-state index contributed by atoms with van der Waals surface area (Å²) in [6, 6.07) is 3.24. The Labute approximate surface area is 109 Å².